The lowest BCUT2D eigenvalue weighted by atomic mass is 10.1. The van der Waals surface area contributed by atoms with Crippen molar-refractivity contribution in [3.63, 3.8) is 0 Å². The van der Waals surface area contributed by atoms with Crippen molar-refractivity contribution in [1.82, 2.24) is 0 Å². The summed E-state index contributed by atoms with van der Waals surface area (Å²) in [5.74, 6) is -0.932. The van der Waals surface area contributed by atoms with Gasteiger partial charge in [0.25, 0.3) is 20.2 Å². The highest BCUT2D eigenvalue weighted by atomic mass is 32.2. The summed E-state index contributed by atoms with van der Waals surface area (Å²) < 4.78 is 62.1. The van der Waals surface area contributed by atoms with E-state index in [1.54, 1.807) is 0 Å². The van der Waals surface area contributed by atoms with Gasteiger partial charge in [-0.3, -0.25) is 14.2 Å². The standard InChI is InChI=1S/C10H7O7S2/c11-8-5-7(18(12,13)14)4-6-2-1-3-9(10(6)8)19(15,16)17/h1-5H,(H,12,13,14)(H,15,16,17). The molecule has 1 radical (unpaired) electrons. The van der Waals surface area contributed by atoms with Crippen molar-refractivity contribution in [3.05, 3.63) is 30.3 Å². The maximum absolute atomic E-state index is 11.8. The normalized spacial score (nSPS) is 12.7. The molecule has 0 saturated carbocycles. The van der Waals surface area contributed by atoms with Crippen molar-refractivity contribution < 1.29 is 31.0 Å². The van der Waals surface area contributed by atoms with E-state index in [4.69, 9.17) is 9.11 Å². The second kappa shape index (κ2) is 4.17. The number of fused-ring (bicyclic) bond motifs is 1. The molecule has 2 aromatic rings. The van der Waals surface area contributed by atoms with Crippen LogP contribution in [-0.2, 0) is 25.3 Å². The number of rotatable bonds is 2. The van der Waals surface area contributed by atoms with Crippen LogP contribution in [0.3, 0.4) is 0 Å². The average Bonchev–Trinajstić information content (AvgIpc) is 2.25. The minimum Gasteiger partial charge on any atom is -0.289 e. The highest BCUT2D eigenvalue weighted by Crippen LogP contribution is 2.33. The van der Waals surface area contributed by atoms with E-state index in [0.29, 0.717) is 6.07 Å². The van der Waals surface area contributed by atoms with E-state index >= 15 is 0 Å². The lowest BCUT2D eigenvalue weighted by Gasteiger charge is -2.06. The quantitative estimate of drug-likeness (QED) is 0.808. The van der Waals surface area contributed by atoms with Crippen molar-refractivity contribution in [3.8, 4) is 5.75 Å². The van der Waals surface area contributed by atoms with Crippen LogP contribution in [0, 0.1) is 0 Å². The first kappa shape index (κ1) is 13.7. The zero-order valence-corrected chi connectivity index (χ0v) is 10.8. The Morgan fingerprint density at radius 1 is 0.895 bits per heavy atom. The molecule has 0 heterocycles. The molecule has 0 atom stereocenters. The Morgan fingerprint density at radius 3 is 2.05 bits per heavy atom. The van der Waals surface area contributed by atoms with E-state index in [1.165, 1.54) is 12.1 Å². The molecule has 0 aliphatic rings. The fourth-order valence-electron chi connectivity index (χ4n) is 1.69. The first-order valence-electron chi connectivity index (χ1n) is 4.79. The lowest BCUT2D eigenvalue weighted by Crippen LogP contribution is -2.01. The molecule has 0 bridgehead atoms. The minimum atomic E-state index is -4.61. The molecule has 2 N–H and O–H groups in total. The van der Waals surface area contributed by atoms with Crippen molar-refractivity contribution in [1.29, 1.82) is 0 Å². The van der Waals surface area contributed by atoms with Crippen LogP contribution in [0.4, 0.5) is 0 Å². The summed E-state index contributed by atoms with van der Waals surface area (Å²) in [6.07, 6.45) is 0. The van der Waals surface area contributed by atoms with E-state index in [2.05, 4.69) is 0 Å². The maximum Gasteiger partial charge on any atom is 0.295 e. The molecule has 101 valence electrons. The molecule has 0 aliphatic carbocycles. The van der Waals surface area contributed by atoms with Gasteiger partial charge in [-0.05, 0) is 17.5 Å². The van der Waals surface area contributed by atoms with Gasteiger partial charge >= 0.3 is 0 Å². The molecule has 0 saturated heterocycles. The third kappa shape index (κ3) is 2.54. The summed E-state index contributed by atoms with van der Waals surface area (Å²) in [5.41, 5.74) is 0. The van der Waals surface area contributed by atoms with E-state index in [-0.39, 0.29) is 10.8 Å². The van der Waals surface area contributed by atoms with Crippen LogP contribution >= 0.6 is 0 Å². The van der Waals surface area contributed by atoms with Crippen LogP contribution in [0.15, 0.2) is 40.1 Å². The van der Waals surface area contributed by atoms with Gasteiger partial charge in [0.15, 0.2) is 5.75 Å². The summed E-state index contributed by atoms with van der Waals surface area (Å²) in [7, 11) is -9.19. The van der Waals surface area contributed by atoms with Gasteiger partial charge in [-0.2, -0.15) is 16.8 Å². The van der Waals surface area contributed by atoms with Gasteiger partial charge in [-0.1, -0.05) is 12.1 Å². The van der Waals surface area contributed by atoms with Crippen molar-refractivity contribution in [2.24, 2.45) is 0 Å². The number of benzene rings is 2. The van der Waals surface area contributed by atoms with Crippen LogP contribution in [0.25, 0.3) is 10.8 Å². The Hall–Kier alpha value is -1.68. The van der Waals surface area contributed by atoms with E-state index < -0.39 is 35.8 Å². The SMILES string of the molecule is [O]c1cc(S(=O)(=O)O)cc2cccc(S(=O)(=O)O)c12. The Kier molecular flexibility index (Phi) is 3.01. The zero-order chi connectivity index (χ0) is 14.4. The summed E-state index contributed by atoms with van der Waals surface area (Å²) in [6, 6.07) is 5.08. The molecule has 0 spiro atoms. The second-order valence-corrected chi connectivity index (χ2v) is 6.54. The first-order chi connectivity index (χ1) is 8.60. The molecule has 19 heavy (non-hydrogen) atoms. The Balaban J connectivity index is 2.96. The van der Waals surface area contributed by atoms with Crippen LogP contribution < -0.4 is 0 Å². The Bertz CT molecular complexity index is 866. The van der Waals surface area contributed by atoms with Crippen LogP contribution in [0.2, 0.25) is 0 Å². The highest BCUT2D eigenvalue weighted by molar-refractivity contribution is 7.86. The highest BCUT2D eigenvalue weighted by Gasteiger charge is 2.20. The molecule has 0 fully saturated rings. The van der Waals surface area contributed by atoms with Gasteiger partial charge in [0.2, 0.25) is 0 Å². The predicted molar refractivity (Wildman–Crippen MR) is 63.7 cm³/mol. The maximum atomic E-state index is 11.8. The summed E-state index contributed by atoms with van der Waals surface area (Å²) in [5, 5.41) is 11.4. The predicted octanol–water partition coefficient (Wildman–Crippen LogP) is 1.48. The first-order valence-corrected chi connectivity index (χ1v) is 7.67. The molecule has 7 nitrogen and oxygen atoms in total. The second-order valence-electron chi connectivity index (χ2n) is 3.73. The molecular weight excluding hydrogens is 296 g/mol. The average molecular weight is 303 g/mol. The third-order valence-corrected chi connectivity index (χ3v) is 4.18. The van der Waals surface area contributed by atoms with E-state index in [9.17, 15) is 21.9 Å². The summed E-state index contributed by atoms with van der Waals surface area (Å²) in [6.45, 7) is 0. The van der Waals surface area contributed by atoms with Crippen molar-refractivity contribution >= 4 is 31.0 Å². The molecule has 2 rings (SSSR count). The van der Waals surface area contributed by atoms with Crippen molar-refractivity contribution in [2.75, 3.05) is 0 Å². The van der Waals surface area contributed by atoms with Gasteiger partial charge in [-0.15, -0.1) is 0 Å². The summed E-state index contributed by atoms with van der Waals surface area (Å²) in [4.78, 5) is -1.26. The topological polar surface area (TPSA) is 129 Å². The fourth-order valence-corrected chi connectivity index (χ4v) is 2.95. The zero-order valence-electron chi connectivity index (χ0n) is 9.14. The Morgan fingerprint density at radius 2 is 1.53 bits per heavy atom. The van der Waals surface area contributed by atoms with Gasteiger partial charge in [0.05, 0.1) is 10.3 Å². The largest absolute Gasteiger partial charge is 0.295 e. The fraction of sp³-hybridized carbons (Fsp3) is 0. The van der Waals surface area contributed by atoms with Gasteiger partial charge in [0.1, 0.15) is 4.90 Å². The summed E-state index contributed by atoms with van der Waals surface area (Å²) >= 11 is 0. The van der Waals surface area contributed by atoms with Crippen molar-refractivity contribution in [2.45, 2.75) is 9.79 Å². The molecule has 2 aromatic carbocycles. The molecule has 0 amide bonds. The smallest absolute Gasteiger partial charge is 0.289 e. The van der Waals surface area contributed by atoms with Gasteiger partial charge in [-0.25, -0.2) is 0 Å². The molecule has 0 unspecified atom stereocenters. The third-order valence-electron chi connectivity index (χ3n) is 2.45. The lowest BCUT2D eigenvalue weighted by molar-refractivity contribution is 0.357. The molecule has 9 heteroatoms. The monoisotopic (exact) mass is 303 g/mol. The van der Waals surface area contributed by atoms with Gasteiger partial charge in [0, 0.05) is 6.07 Å². The number of hydrogen-bond acceptors (Lipinski definition) is 4. The minimum absolute atomic E-state index is 0.0183. The van der Waals surface area contributed by atoms with Gasteiger partial charge < -0.3 is 0 Å². The Labute approximate surface area is 108 Å². The number of hydrogen-bond donors (Lipinski definition) is 2. The van der Waals surface area contributed by atoms with E-state index in [0.717, 1.165) is 12.1 Å². The van der Waals surface area contributed by atoms with Crippen LogP contribution in [0.5, 0.6) is 5.75 Å². The van der Waals surface area contributed by atoms with Crippen LogP contribution in [-0.4, -0.2) is 25.9 Å². The van der Waals surface area contributed by atoms with Crippen LogP contribution in [0.1, 0.15) is 0 Å². The molecule has 0 aliphatic heterocycles. The molecular formula is C10H7O7S2. The van der Waals surface area contributed by atoms with E-state index in [1.807, 2.05) is 0 Å². The molecule has 0 aromatic heterocycles.